The highest BCUT2D eigenvalue weighted by atomic mass is 35.5. The molecule has 2 aromatic heterocycles. The molecule has 2 aromatic carbocycles. The maximum absolute atomic E-state index is 13.9. The van der Waals surface area contributed by atoms with Gasteiger partial charge < -0.3 is 15.5 Å². The Bertz CT molecular complexity index is 1620. The third-order valence-corrected chi connectivity index (χ3v) is 8.91. The zero-order valence-corrected chi connectivity index (χ0v) is 24.6. The molecule has 2 atom stereocenters. The van der Waals surface area contributed by atoms with Gasteiger partial charge in [0.05, 0.1) is 39.5 Å². The molecule has 1 aliphatic heterocycles. The molecule has 6 rings (SSSR count). The minimum absolute atomic E-state index is 0.192. The van der Waals surface area contributed by atoms with Crippen LogP contribution in [0.4, 0.5) is 15.8 Å². The molecular formula is C31H33BClFN8. The fourth-order valence-corrected chi connectivity index (χ4v) is 6.21. The molecule has 2 N–H and O–H groups in total. The Morgan fingerprint density at radius 1 is 1.19 bits per heavy atom. The van der Waals surface area contributed by atoms with E-state index in [9.17, 15) is 9.65 Å². The van der Waals surface area contributed by atoms with E-state index in [-0.39, 0.29) is 11.9 Å². The molecule has 11 heteroatoms. The SMILES string of the molecule is [B]C(Nc1cc(Cl)c2ncc(C#N)c(NC(CC)C3CCN(C)CC3)c2c1)(c1ccc(F)cc1)c1cn(C2CC2)nn1. The van der Waals surface area contributed by atoms with E-state index in [1.165, 1.54) is 12.1 Å². The van der Waals surface area contributed by atoms with Gasteiger partial charge in [0.25, 0.3) is 0 Å². The molecule has 3 heterocycles. The van der Waals surface area contributed by atoms with Crippen molar-refractivity contribution >= 4 is 41.7 Å². The molecule has 214 valence electrons. The Hall–Kier alpha value is -3.68. The van der Waals surface area contributed by atoms with Crippen LogP contribution in [0.25, 0.3) is 10.9 Å². The topological polar surface area (TPSA) is 94.7 Å². The molecule has 0 spiro atoms. The van der Waals surface area contributed by atoms with Crippen molar-refractivity contribution in [1.29, 1.82) is 5.26 Å². The zero-order chi connectivity index (χ0) is 29.4. The summed E-state index contributed by atoms with van der Waals surface area (Å²) in [5.41, 5.74) is 2.12. The van der Waals surface area contributed by atoms with Gasteiger partial charge in [0, 0.05) is 23.3 Å². The van der Waals surface area contributed by atoms with Crippen LogP contribution in [0.3, 0.4) is 0 Å². The maximum atomic E-state index is 13.9. The largest absolute Gasteiger partial charge is 0.380 e. The average Bonchev–Trinajstić information content (AvgIpc) is 3.72. The van der Waals surface area contributed by atoms with E-state index in [1.807, 2.05) is 16.9 Å². The van der Waals surface area contributed by atoms with Crippen LogP contribution in [-0.4, -0.2) is 58.9 Å². The number of nitriles is 1. The third-order valence-electron chi connectivity index (χ3n) is 8.62. The third kappa shape index (κ3) is 5.56. The first-order valence-corrected chi connectivity index (χ1v) is 14.9. The molecule has 1 aliphatic carbocycles. The van der Waals surface area contributed by atoms with Crippen molar-refractivity contribution in [2.24, 2.45) is 5.92 Å². The molecule has 2 aliphatic rings. The van der Waals surface area contributed by atoms with E-state index in [4.69, 9.17) is 19.4 Å². The summed E-state index contributed by atoms with van der Waals surface area (Å²) in [6.07, 6.45) is 8.61. The number of nitrogens with zero attached hydrogens (tertiary/aromatic N) is 6. The zero-order valence-electron chi connectivity index (χ0n) is 23.8. The van der Waals surface area contributed by atoms with Crippen molar-refractivity contribution in [2.75, 3.05) is 30.8 Å². The molecule has 2 radical (unpaired) electrons. The van der Waals surface area contributed by atoms with Crippen molar-refractivity contribution in [2.45, 2.75) is 56.5 Å². The standard InChI is InChI=1S/C31H33BClFN8/c1-3-27(19-10-12-41(2)13-11-19)37-29-20(16-35)17-36-30-25(29)14-23(15-26(30)33)38-31(32,21-4-6-22(34)7-5-21)28-18-42(40-39-28)24-8-9-24/h4-7,14-15,17-19,24,27,38H,3,8-13H2,1-2H3,(H,36,37). The second kappa shape index (κ2) is 11.5. The van der Waals surface area contributed by atoms with Crippen LogP contribution in [0.2, 0.25) is 5.02 Å². The molecule has 2 unspecified atom stereocenters. The Labute approximate surface area is 251 Å². The van der Waals surface area contributed by atoms with Gasteiger partial charge in [0.15, 0.2) is 0 Å². The smallest absolute Gasteiger partial charge is 0.123 e. The molecule has 4 aromatic rings. The lowest BCUT2D eigenvalue weighted by Crippen LogP contribution is -2.38. The summed E-state index contributed by atoms with van der Waals surface area (Å²) in [7, 11) is 9.23. The van der Waals surface area contributed by atoms with Crippen LogP contribution >= 0.6 is 11.6 Å². The molecule has 0 bridgehead atoms. The number of fused-ring (bicyclic) bond motifs is 1. The number of nitrogens with one attached hydrogen (secondary N) is 2. The molecule has 1 saturated heterocycles. The highest BCUT2D eigenvalue weighted by molar-refractivity contribution is 6.36. The monoisotopic (exact) mass is 582 g/mol. The predicted octanol–water partition coefficient (Wildman–Crippen LogP) is 5.84. The number of anilines is 2. The average molecular weight is 583 g/mol. The normalized spacial score (nSPS) is 18.4. The number of hydrogen-bond acceptors (Lipinski definition) is 7. The summed E-state index contributed by atoms with van der Waals surface area (Å²) in [4.78, 5) is 6.89. The second-order valence-electron chi connectivity index (χ2n) is 11.6. The molecule has 0 amide bonds. The fourth-order valence-electron chi connectivity index (χ4n) is 5.94. The first-order valence-electron chi connectivity index (χ1n) is 14.5. The number of aromatic nitrogens is 4. The molecule has 8 nitrogen and oxygen atoms in total. The lowest BCUT2D eigenvalue weighted by Gasteiger charge is -2.35. The second-order valence-corrected chi connectivity index (χ2v) is 12.0. The molecule has 42 heavy (non-hydrogen) atoms. The highest BCUT2D eigenvalue weighted by Gasteiger charge is 2.34. The van der Waals surface area contributed by atoms with Crippen LogP contribution in [0.1, 0.15) is 61.9 Å². The number of benzene rings is 2. The summed E-state index contributed by atoms with van der Waals surface area (Å²) >= 11 is 6.82. The Kier molecular flexibility index (Phi) is 7.82. The van der Waals surface area contributed by atoms with Gasteiger partial charge in [-0.1, -0.05) is 35.9 Å². The first-order chi connectivity index (χ1) is 20.3. The summed E-state index contributed by atoms with van der Waals surface area (Å²) in [6, 6.07) is 12.5. The number of hydrogen-bond donors (Lipinski definition) is 2. The van der Waals surface area contributed by atoms with Gasteiger partial charge in [-0.25, -0.2) is 9.07 Å². The van der Waals surface area contributed by atoms with Gasteiger partial charge in [-0.15, -0.1) is 5.10 Å². The van der Waals surface area contributed by atoms with Crippen molar-refractivity contribution in [3.63, 3.8) is 0 Å². The maximum Gasteiger partial charge on any atom is 0.123 e. The van der Waals surface area contributed by atoms with E-state index in [1.54, 1.807) is 24.4 Å². The van der Waals surface area contributed by atoms with E-state index in [0.29, 0.717) is 50.7 Å². The van der Waals surface area contributed by atoms with E-state index in [0.717, 1.165) is 50.6 Å². The van der Waals surface area contributed by atoms with Gasteiger partial charge in [-0.05, 0) is 88.0 Å². The quantitative estimate of drug-likeness (QED) is 0.240. The van der Waals surface area contributed by atoms with Crippen molar-refractivity contribution in [3.05, 3.63) is 76.5 Å². The minimum atomic E-state index is -1.34. The van der Waals surface area contributed by atoms with Crippen molar-refractivity contribution < 1.29 is 4.39 Å². The van der Waals surface area contributed by atoms with Crippen molar-refractivity contribution in [1.82, 2.24) is 24.9 Å². The number of piperidine rings is 1. The molecule has 2 fully saturated rings. The van der Waals surface area contributed by atoms with Gasteiger partial charge in [-0.2, -0.15) is 5.26 Å². The minimum Gasteiger partial charge on any atom is -0.380 e. The van der Waals surface area contributed by atoms with Crippen molar-refractivity contribution in [3.8, 4) is 6.07 Å². The molecule has 1 saturated carbocycles. The van der Waals surface area contributed by atoms with Crippen LogP contribution in [0, 0.1) is 23.1 Å². The van der Waals surface area contributed by atoms with Crippen LogP contribution in [0.5, 0.6) is 0 Å². The summed E-state index contributed by atoms with van der Waals surface area (Å²) < 4.78 is 15.7. The van der Waals surface area contributed by atoms with Crippen LogP contribution < -0.4 is 10.6 Å². The fraction of sp³-hybridized carbons (Fsp3) is 0.419. The number of halogens is 2. The lowest BCUT2D eigenvalue weighted by molar-refractivity contribution is 0.202. The van der Waals surface area contributed by atoms with Gasteiger partial charge in [0.2, 0.25) is 0 Å². The van der Waals surface area contributed by atoms with E-state index in [2.05, 4.69) is 50.9 Å². The summed E-state index contributed by atoms with van der Waals surface area (Å²) in [6.45, 7) is 4.28. The van der Waals surface area contributed by atoms with E-state index < -0.39 is 5.44 Å². The van der Waals surface area contributed by atoms with Gasteiger partial charge >= 0.3 is 0 Å². The number of pyridine rings is 1. The molecular weight excluding hydrogens is 550 g/mol. The first kappa shape index (κ1) is 28.4. The Morgan fingerprint density at radius 3 is 2.60 bits per heavy atom. The van der Waals surface area contributed by atoms with E-state index >= 15 is 0 Å². The summed E-state index contributed by atoms with van der Waals surface area (Å²) in [5.74, 6) is 0.124. The highest BCUT2D eigenvalue weighted by Crippen LogP contribution is 2.39. The Balaban J connectivity index is 1.41. The van der Waals surface area contributed by atoms with Gasteiger partial charge in [-0.3, -0.25) is 4.98 Å². The predicted molar refractivity (Wildman–Crippen MR) is 164 cm³/mol. The van der Waals surface area contributed by atoms with Crippen LogP contribution in [-0.2, 0) is 5.44 Å². The van der Waals surface area contributed by atoms with Gasteiger partial charge in [0.1, 0.15) is 25.4 Å². The lowest BCUT2D eigenvalue weighted by atomic mass is 9.69. The van der Waals surface area contributed by atoms with Crippen LogP contribution in [0.15, 0.2) is 48.8 Å². The number of likely N-dealkylation sites (tertiary alicyclic amines) is 1. The Morgan fingerprint density at radius 2 is 1.93 bits per heavy atom. The number of rotatable bonds is 9. The summed E-state index contributed by atoms with van der Waals surface area (Å²) in [5, 5.41) is 27.1.